The first-order valence-corrected chi connectivity index (χ1v) is 4.60. The summed E-state index contributed by atoms with van der Waals surface area (Å²) < 4.78 is 0. The number of nitrogens with two attached hydrogens (primary N) is 1. The lowest BCUT2D eigenvalue weighted by molar-refractivity contribution is -0.110. The normalized spacial score (nSPS) is 9.57. The molecule has 0 unspecified atom stereocenters. The van der Waals surface area contributed by atoms with Crippen LogP contribution in [0.1, 0.15) is 11.1 Å². The Bertz CT molecular complexity index is 367. The van der Waals surface area contributed by atoms with Gasteiger partial charge in [-0.2, -0.15) is 0 Å². The van der Waals surface area contributed by atoms with Crippen LogP contribution in [0.3, 0.4) is 0 Å². The number of hydrogen-bond donors (Lipinski definition) is 2. The van der Waals surface area contributed by atoms with Gasteiger partial charge in [-0.15, -0.1) is 0 Å². The summed E-state index contributed by atoms with van der Waals surface area (Å²) in [5, 5.41) is 2.67. The van der Waals surface area contributed by atoms with Crippen LogP contribution in [0.15, 0.2) is 18.2 Å². The second-order valence-electron chi connectivity index (χ2n) is 3.09. The van der Waals surface area contributed by atoms with Crippen molar-refractivity contribution < 1.29 is 4.79 Å². The van der Waals surface area contributed by atoms with Gasteiger partial charge in [-0.3, -0.25) is 4.79 Å². The average Bonchev–Trinajstić information content (AvgIpc) is 2.11. The quantitative estimate of drug-likeness (QED) is 0.688. The first kappa shape index (κ1) is 10.7. The van der Waals surface area contributed by atoms with E-state index in [1.807, 2.05) is 32.0 Å². The fourth-order valence-electron chi connectivity index (χ4n) is 1.19. The number of benzene rings is 1. The van der Waals surface area contributed by atoms with E-state index in [4.69, 9.17) is 5.73 Å². The molecule has 0 fully saturated rings. The summed E-state index contributed by atoms with van der Waals surface area (Å²) in [4.78, 5) is 11.1. The fraction of sp³-hybridized carbons (Fsp3) is 0.200. The van der Waals surface area contributed by atoms with Gasteiger partial charge >= 0.3 is 0 Å². The summed E-state index contributed by atoms with van der Waals surface area (Å²) in [5.41, 5.74) is 7.98. The van der Waals surface area contributed by atoms with Crippen molar-refractivity contribution in [1.82, 2.24) is 0 Å². The van der Waals surface area contributed by atoms with Gasteiger partial charge in [-0.05, 0) is 25.0 Å². The molecule has 0 aliphatic heterocycles. The Morgan fingerprint density at radius 1 is 1.36 bits per heavy atom. The molecule has 0 atom stereocenters. The van der Waals surface area contributed by atoms with Gasteiger partial charge in [-0.25, -0.2) is 0 Å². The molecule has 74 valence electrons. The van der Waals surface area contributed by atoms with Crippen LogP contribution in [0.2, 0.25) is 0 Å². The van der Waals surface area contributed by atoms with E-state index < -0.39 is 5.91 Å². The number of anilines is 1. The molecule has 0 heterocycles. The third kappa shape index (κ3) is 2.29. The lowest BCUT2D eigenvalue weighted by Gasteiger charge is -2.10. The van der Waals surface area contributed by atoms with E-state index in [1.54, 1.807) is 0 Å². The molecule has 1 aromatic carbocycles. The largest absolute Gasteiger partial charge is 0.385 e. The van der Waals surface area contributed by atoms with Crippen molar-refractivity contribution in [3.05, 3.63) is 29.3 Å². The van der Waals surface area contributed by atoms with Crippen LogP contribution in [0.25, 0.3) is 0 Å². The molecule has 3 N–H and O–H groups in total. The number of thiocarbonyl (C=S) groups is 1. The molecule has 1 aromatic rings. The number of para-hydroxylation sites is 1. The maximum absolute atomic E-state index is 11.2. The first-order chi connectivity index (χ1) is 6.52. The van der Waals surface area contributed by atoms with Gasteiger partial charge in [0.2, 0.25) is 0 Å². The number of nitrogens with one attached hydrogen (secondary N) is 1. The van der Waals surface area contributed by atoms with Gasteiger partial charge in [-0.1, -0.05) is 30.4 Å². The highest BCUT2D eigenvalue weighted by Crippen LogP contribution is 2.18. The van der Waals surface area contributed by atoms with Crippen molar-refractivity contribution in [1.29, 1.82) is 0 Å². The molecule has 0 saturated heterocycles. The second kappa shape index (κ2) is 4.19. The summed E-state index contributed by atoms with van der Waals surface area (Å²) >= 11 is 4.57. The molecule has 14 heavy (non-hydrogen) atoms. The van der Waals surface area contributed by atoms with E-state index in [1.165, 1.54) is 0 Å². The second-order valence-corrected chi connectivity index (χ2v) is 3.53. The average molecular weight is 208 g/mol. The van der Waals surface area contributed by atoms with E-state index >= 15 is 0 Å². The minimum atomic E-state index is -0.419. The van der Waals surface area contributed by atoms with E-state index in [9.17, 15) is 4.79 Å². The fourth-order valence-corrected chi connectivity index (χ4v) is 1.24. The Labute approximate surface area is 88.3 Å². The summed E-state index contributed by atoms with van der Waals surface area (Å²) in [6.07, 6.45) is 0. The van der Waals surface area contributed by atoms with E-state index in [2.05, 4.69) is 17.5 Å². The van der Waals surface area contributed by atoms with Crippen LogP contribution in [0, 0.1) is 13.8 Å². The standard InChI is InChI=1S/C10H12N2OS/c1-6-4-3-5-7(2)8(6)12-10(13)9(11)14/h3-5H,1-2H3,(H2,11,14)(H,12,13). The predicted molar refractivity (Wildman–Crippen MR) is 61.3 cm³/mol. The minimum Gasteiger partial charge on any atom is -0.385 e. The smallest absolute Gasteiger partial charge is 0.282 e. The minimum absolute atomic E-state index is 0.146. The van der Waals surface area contributed by atoms with E-state index in [-0.39, 0.29) is 4.99 Å². The molecular formula is C10H12N2OS. The molecule has 1 amide bonds. The van der Waals surface area contributed by atoms with Crippen molar-refractivity contribution in [2.45, 2.75) is 13.8 Å². The van der Waals surface area contributed by atoms with E-state index in [0.717, 1.165) is 16.8 Å². The van der Waals surface area contributed by atoms with Crippen LogP contribution in [-0.4, -0.2) is 10.9 Å². The molecule has 1 rings (SSSR count). The Morgan fingerprint density at radius 2 is 1.86 bits per heavy atom. The van der Waals surface area contributed by atoms with Crippen molar-refractivity contribution in [2.24, 2.45) is 5.73 Å². The molecule has 0 bridgehead atoms. The van der Waals surface area contributed by atoms with Gasteiger partial charge in [0.25, 0.3) is 5.91 Å². The van der Waals surface area contributed by atoms with Crippen LogP contribution in [0.5, 0.6) is 0 Å². The maximum atomic E-state index is 11.2. The van der Waals surface area contributed by atoms with Gasteiger partial charge < -0.3 is 11.1 Å². The summed E-state index contributed by atoms with van der Waals surface area (Å²) in [5.74, 6) is -0.419. The van der Waals surface area contributed by atoms with Crippen LogP contribution >= 0.6 is 12.2 Å². The molecule has 0 aliphatic carbocycles. The first-order valence-electron chi connectivity index (χ1n) is 4.19. The Kier molecular flexibility index (Phi) is 3.19. The van der Waals surface area contributed by atoms with Crippen molar-refractivity contribution in [3.63, 3.8) is 0 Å². The summed E-state index contributed by atoms with van der Waals surface area (Å²) in [6, 6.07) is 5.77. The van der Waals surface area contributed by atoms with Gasteiger partial charge in [0.1, 0.15) is 0 Å². The molecule has 0 aliphatic rings. The van der Waals surface area contributed by atoms with Crippen molar-refractivity contribution in [3.8, 4) is 0 Å². The number of amides is 1. The monoisotopic (exact) mass is 208 g/mol. The highest BCUT2D eigenvalue weighted by atomic mass is 32.1. The molecule has 4 heteroatoms. The van der Waals surface area contributed by atoms with E-state index in [0.29, 0.717) is 0 Å². The number of carbonyl (C=O) groups is 1. The Balaban J connectivity index is 2.97. The van der Waals surface area contributed by atoms with Crippen LogP contribution in [-0.2, 0) is 4.79 Å². The summed E-state index contributed by atoms with van der Waals surface area (Å²) in [7, 11) is 0. The third-order valence-electron chi connectivity index (χ3n) is 1.94. The highest BCUT2D eigenvalue weighted by molar-refractivity contribution is 7.82. The van der Waals surface area contributed by atoms with Crippen LogP contribution < -0.4 is 11.1 Å². The summed E-state index contributed by atoms with van der Waals surface area (Å²) in [6.45, 7) is 3.84. The number of hydrogen-bond acceptors (Lipinski definition) is 2. The maximum Gasteiger partial charge on any atom is 0.282 e. The highest BCUT2D eigenvalue weighted by Gasteiger charge is 2.08. The third-order valence-corrected chi connectivity index (χ3v) is 2.13. The SMILES string of the molecule is Cc1cccc(C)c1NC(=O)C(N)=S. The van der Waals surface area contributed by atoms with Gasteiger partial charge in [0.15, 0.2) is 4.99 Å². The van der Waals surface area contributed by atoms with Gasteiger partial charge in [0.05, 0.1) is 0 Å². The topological polar surface area (TPSA) is 55.1 Å². The molecular weight excluding hydrogens is 196 g/mol. The zero-order valence-corrected chi connectivity index (χ0v) is 8.94. The number of rotatable bonds is 1. The zero-order valence-electron chi connectivity index (χ0n) is 8.13. The molecule has 0 aromatic heterocycles. The lowest BCUT2D eigenvalue weighted by Crippen LogP contribution is -2.28. The number of carbonyl (C=O) groups excluding carboxylic acids is 1. The molecule has 0 radical (unpaired) electrons. The van der Waals surface area contributed by atoms with Crippen LogP contribution in [0.4, 0.5) is 5.69 Å². The van der Waals surface area contributed by atoms with Crippen molar-refractivity contribution >= 4 is 28.8 Å². The predicted octanol–water partition coefficient (Wildman–Crippen LogP) is 1.53. The lowest BCUT2D eigenvalue weighted by atomic mass is 10.1. The molecule has 0 saturated carbocycles. The van der Waals surface area contributed by atoms with Gasteiger partial charge in [0, 0.05) is 5.69 Å². The molecule has 3 nitrogen and oxygen atoms in total. The zero-order chi connectivity index (χ0) is 10.7. The Morgan fingerprint density at radius 3 is 2.29 bits per heavy atom. The van der Waals surface area contributed by atoms with Crippen molar-refractivity contribution in [2.75, 3.05) is 5.32 Å². The molecule has 0 spiro atoms. The Hall–Kier alpha value is -1.42. The number of aryl methyl sites for hydroxylation is 2.